The van der Waals surface area contributed by atoms with Crippen LogP contribution < -0.4 is 5.32 Å². The molecule has 2 atom stereocenters. The minimum absolute atomic E-state index is 0.303. The van der Waals surface area contributed by atoms with Crippen LogP contribution in [0.5, 0.6) is 0 Å². The lowest BCUT2D eigenvalue weighted by Gasteiger charge is -2.23. The van der Waals surface area contributed by atoms with Crippen molar-refractivity contribution in [1.29, 1.82) is 0 Å². The number of aryl methyl sites for hydroxylation is 1. The van der Waals surface area contributed by atoms with Gasteiger partial charge in [-0.15, -0.1) is 10.2 Å². The number of nitrogens with one attached hydrogen (secondary N) is 1. The van der Waals surface area contributed by atoms with Crippen LogP contribution in [-0.4, -0.2) is 27.2 Å². The van der Waals surface area contributed by atoms with Crippen molar-refractivity contribution < 1.29 is 14.7 Å². The summed E-state index contributed by atoms with van der Waals surface area (Å²) in [4.78, 5) is 23.1. The number of anilines is 1. The standard InChI is InChI=1S/C11H13N3O3S/c1-6-13-14-11(18-6)12-9(15)7-4-2-3-5-8(7)10(16)17/h2-3,7-8H,4-5H2,1H3,(H,16,17)(H,12,14,15). The van der Waals surface area contributed by atoms with Gasteiger partial charge in [0.15, 0.2) is 0 Å². The van der Waals surface area contributed by atoms with Crippen molar-refractivity contribution in [3.05, 3.63) is 17.2 Å². The van der Waals surface area contributed by atoms with Crippen molar-refractivity contribution in [1.82, 2.24) is 10.2 Å². The number of hydrogen-bond donors (Lipinski definition) is 2. The first-order valence-corrected chi connectivity index (χ1v) is 6.38. The Morgan fingerprint density at radius 3 is 2.56 bits per heavy atom. The van der Waals surface area contributed by atoms with E-state index >= 15 is 0 Å². The van der Waals surface area contributed by atoms with E-state index in [4.69, 9.17) is 5.11 Å². The molecule has 0 aromatic carbocycles. The lowest BCUT2D eigenvalue weighted by atomic mass is 9.82. The summed E-state index contributed by atoms with van der Waals surface area (Å²) in [6.45, 7) is 1.79. The molecule has 0 bridgehead atoms. The number of amides is 1. The second-order valence-electron chi connectivity index (χ2n) is 4.11. The van der Waals surface area contributed by atoms with Crippen LogP contribution in [0.25, 0.3) is 0 Å². The van der Waals surface area contributed by atoms with Gasteiger partial charge in [0, 0.05) is 0 Å². The summed E-state index contributed by atoms with van der Waals surface area (Å²) in [5.74, 6) is -2.45. The van der Waals surface area contributed by atoms with Crippen molar-refractivity contribution in [3.8, 4) is 0 Å². The Kier molecular flexibility index (Phi) is 3.71. The van der Waals surface area contributed by atoms with Gasteiger partial charge in [-0.05, 0) is 19.8 Å². The number of carboxylic acids is 1. The van der Waals surface area contributed by atoms with E-state index in [2.05, 4.69) is 15.5 Å². The molecule has 0 fully saturated rings. The zero-order chi connectivity index (χ0) is 13.1. The van der Waals surface area contributed by atoms with Crippen LogP contribution in [0.4, 0.5) is 5.13 Å². The largest absolute Gasteiger partial charge is 0.481 e. The van der Waals surface area contributed by atoms with Gasteiger partial charge in [0.2, 0.25) is 11.0 Å². The second kappa shape index (κ2) is 5.26. The highest BCUT2D eigenvalue weighted by Crippen LogP contribution is 2.27. The van der Waals surface area contributed by atoms with E-state index in [-0.39, 0.29) is 5.91 Å². The summed E-state index contributed by atoms with van der Waals surface area (Å²) in [6, 6.07) is 0. The van der Waals surface area contributed by atoms with E-state index in [0.29, 0.717) is 18.0 Å². The van der Waals surface area contributed by atoms with Crippen LogP contribution in [-0.2, 0) is 9.59 Å². The van der Waals surface area contributed by atoms with Crippen molar-refractivity contribution in [2.24, 2.45) is 11.8 Å². The van der Waals surface area contributed by atoms with Gasteiger partial charge >= 0.3 is 5.97 Å². The third-order valence-corrected chi connectivity index (χ3v) is 3.60. The molecule has 0 spiro atoms. The smallest absolute Gasteiger partial charge is 0.307 e. The van der Waals surface area contributed by atoms with Gasteiger partial charge in [-0.1, -0.05) is 23.5 Å². The molecule has 1 aromatic rings. The molecule has 0 saturated carbocycles. The van der Waals surface area contributed by atoms with E-state index in [1.54, 1.807) is 13.0 Å². The number of aliphatic carboxylic acids is 1. The fourth-order valence-electron chi connectivity index (χ4n) is 1.92. The SMILES string of the molecule is Cc1nnc(NC(=O)C2CC=CCC2C(=O)O)s1. The number of nitrogens with zero attached hydrogens (tertiary/aromatic N) is 2. The van der Waals surface area contributed by atoms with Crippen molar-refractivity contribution in [2.45, 2.75) is 19.8 Å². The van der Waals surface area contributed by atoms with E-state index in [1.165, 1.54) is 11.3 Å². The van der Waals surface area contributed by atoms with Crippen LogP contribution >= 0.6 is 11.3 Å². The summed E-state index contributed by atoms with van der Waals surface area (Å²) in [5.41, 5.74) is 0. The minimum atomic E-state index is -0.937. The summed E-state index contributed by atoms with van der Waals surface area (Å²) in [6.07, 6.45) is 4.48. The predicted octanol–water partition coefficient (Wildman–Crippen LogP) is 1.45. The molecule has 6 nitrogen and oxygen atoms in total. The van der Waals surface area contributed by atoms with Crippen LogP contribution in [0.3, 0.4) is 0 Å². The third kappa shape index (κ3) is 2.73. The Morgan fingerprint density at radius 1 is 1.33 bits per heavy atom. The number of rotatable bonds is 3. The highest BCUT2D eigenvalue weighted by molar-refractivity contribution is 7.15. The van der Waals surface area contributed by atoms with Gasteiger partial charge in [0.25, 0.3) is 0 Å². The molecule has 1 amide bonds. The molecule has 96 valence electrons. The molecular formula is C11H13N3O3S. The molecular weight excluding hydrogens is 254 g/mol. The molecule has 1 aliphatic carbocycles. The fraction of sp³-hybridized carbons (Fsp3) is 0.455. The molecule has 1 aliphatic rings. The van der Waals surface area contributed by atoms with Crippen LogP contribution in [0, 0.1) is 18.8 Å². The molecule has 0 aliphatic heterocycles. The number of carbonyl (C=O) groups is 2. The van der Waals surface area contributed by atoms with Crippen molar-refractivity contribution >= 4 is 28.3 Å². The molecule has 0 radical (unpaired) electrons. The number of carboxylic acid groups (broad SMARTS) is 1. The number of hydrogen-bond acceptors (Lipinski definition) is 5. The highest BCUT2D eigenvalue weighted by atomic mass is 32.1. The molecule has 18 heavy (non-hydrogen) atoms. The Labute approximate surface area is 108 Å². The average Bonchev–Trinajstić information content (AvgIpc) is 2.74. The quantitative estimate of drug-likeness (QED) is 0.809. The maximum atomic E-state index is 12.0. The van der Waals surface area contributed by atoms with Gasteiger partial charge < -0.3 is 10.4 Å². The minimum Gasteiger partial charge on any atom is -0.481 e. The number of aromatic nitrogens is 2. The van der Waals surface area contributed by atoms with E-state index in [0.717, 1.165) is 5.01 Å². The highest BCUT2D eigenvalue weighted by Gasteiger charge is 2.34. The zero-order valence-electron chi connectivity index (χ0n) is 9.79. The second-order valence-corrected chi connectivity index (χ2v) is 5.29. The Balaban J connectivity index is 2.07. The number of carbonyl (C=O) groups excluding carboxylic acids is 1. The lowest BCUT2D eigenvalue weighted by Crippen LogP contribution is -2.34. The topological polar surface area (TPSA) is 92.2 Å². The first-order chi connectivity index (χ1) is 8.58. The maximum absolute atomic E-state index is 12.0. The lowest BCUT2D eigenvalue weighted by molar-refractivity contribution is -0.146. The van der Waals surface area contributed by atoms with E-state index < -0.39 is 17.8 Å². The van der Waals surface area contributed by atoms with E-state index in [1.807, 2.05) is 6.08 Å². The van der Waals surface area contributed by atoms with E-state index in [9.17, 15) is 9.59 Å². The zero-order valence-corrected chi connectivity index (χ0v) is 10.6. The third-order valence-electron chi connectivity index (χ3n) is 2.84. The van der Waals surface area contributed by atoms with Crippen LogP contribution in [0.1, 0.15) is 17.8 Å². The molecule has 1 aromatic heterocycles. The van der Waals surface area contributed by atoms with Gasteiger partial charge in [0.05, 0.1) is 11.8 Å². The van der Waals surface area contributed by atoms with Gasteiger partial charge in [-0.2, -0.15) is 0 Å². The summed E-state index contributed by atoms with van der Waals surface area (Å²) in [5, 5.41) is 20.5. The summed E-state index contributed by atoms with van der Waals surface area (Å²) >= 11 is 1.27. The molecule has 7 heteroatoms. The fourth-order valence-corrected chi connectivity index (χ4v) is 2.52. The van der Waals surface area contributed by atoms with Crippen molar-refractivity contribution in [2.75, 3.05) is 5.32 Å². The van der Waals surface area contributed by atoms with Gasteiger partial charge in [0.1, 0.15) is 5.01 Å². The first kappa shape index (κ1) is 12.7. The summed E-state index contributed by atoms with van der Waals surface area (Å²) < 4.78 is 0. The van der Waals surface area contributed by atoms with Gasteiger partial charge in [-0.3, -0.25) is 9.59 Å². The molecule has 2 N–H and O–H groups in total. The van der Waals surface area contributed by atoms with Crippen LogP contribution in [0.15, 0.2) is 12.2 Å². The first-order valence-electron chi connectivity index (χ1n) is 5.56. The molecule has 2 unspecified atom stereocenters. The normalized spacial score (nSPS) is 22.7. The van der Waals surface area contributed by atoms with Gasteiger partial charge in [-0.25, -0.2) is 0 Å². The monoisotopic (exact) mass is 267 g/mol. The van der Waals surface area contributed by atoms with Crippen molar-refractivity contribution in [3.63, 3.8) is 0 Å². The number of allylic oxidation sites excluding steroid dienone is 2. The predicted molar refractivity (Wildman–Crippen MR) is 66.3 cm³/mol. The average molecular weight is 267 g/mol. The Hall–Kier alpha value is -1.76. The molecule has 1 heterocycles. The Morgan fingerprint density at radius 2 is 2.00 bits per heavy atom. The Bertz CT molecular complexity index is 497. The summed E-state index contributed by atoms with van der Waals surface area (Å²) in [7, 11) is 0. The molecule has 2 rings (SSSR count). The van der Waals surface area contributed by atoms with Crippen LogP contribution in [0.2, 0.25) is 0 Å². The maximum Gasteiger partial charge on any atom is 0.307 e. The molecule has 0 saturated heterocycles.